The number of carbonyl (C=O) groups is 2. The van der Waals surface area contributed by atoms with Crippen molar-refractivity contribution < 1.29 is 14.3 Å². The maximum Gasteiger partial charge on any atom is 0.269 e. The predicted molar refractivity (Wildman–Crippen MR) is 97.1 cm³/mol. The van der Waals surface area contributed by atoms with E-state index in [0.717, 1.165) is 0 Å². The van der Waals surface area contributed by atoms with Crippen molar-refractivity contribution in [3.8, 4) is 11.5 Å². The van der Waals surface area contributed by atoms with Crippen LogP contribution in [-0.4, -0.2) is 16.8 Å². The van der Waals surface area contributed by atoms with Gasteiger partial charge in [0.05, 0.1) is 0 Å². The van der Waals surface area contributed by atoms with Crippen LogP contribution >= 0.6 is 11.6 Å². The Morgan fingerprint density at radius 1 is 0.808 bits per heavy atom. The Labute approximate surface area is 154 Å². The number of nitrogens with zero attached hydrogens (tertiary/aromatic N) is 1. The van der Waals surface area contributed by atoms with Crippen molar-refractivity contribution in [3.63, 3.8) is 0 Å². The van der Waals surface area contributed by atoms with Crippen molar-refractivity contribution in [2.24, 2.45) is 0 Å². The minimum atomic E-state index is -0.465. The smallest absolute Gasteiger partial charge is 0.269 e. The summed E-state index contributed by atoms with van der Waals surface area (Å²) in [6, 6.07) is 16.3. The Balaban J connectivity index is 1.62. The number of hydrazine groups is 1. The Kier molecular flexibility index (Phi) is 5.46. The Hall–Kier alpha value is -3.38. The summed E-state index contributed by atoms with van der Waals surface area (Å²) in [5, 5.41) is 0.525. The highest BCUT2D eigenvalue weighted by Gasteiger charge is 2.10. The molecular formula is C19H14ClN3O3. The molecule has 0 unspecified atom stereocenters. The molecule has 0 saturated heterocycles. The predicted octanol–water partition coefficient (Wildman–Crippen LogP) is 3.60. The molecular weight excluding hydrogens is 354 g/mol. The number of pyridine rings is 1. The Morgan fingerprint density at radius 3 is 2.15 bits per heavy atom. The fourth-order valence-corrected chi connectivity index (χ4v) is 2.23. The average Bonchev–Trinajstić information content (AvgIpc) is 2.67. The van der Waals surface area contributed by atoms with E-state index in [1.807, 2.05) is 0 Å². The molecule has 1 aromatic heterocycles. The quantitative estimate of drug-likeness (QED) is 0.690. The van der Waals surface area contributed by atoms with E-state index >= 15 is 0 Å². The van der Waals surface area contributed by atoms with Crippen molar-refractivity contribution in [3.05, 3.63) is 89.2 Å². The summed E-state index contributed by atoms with van der Waals surface area (Å²) in [6.45, 7) is 0. The van der Waals surface area contributed by atoms with E-state index in [0.29, 0.717) is 27.6 Å². The van der Waals surface area contributed by atoms with Gasteiger partial charge in [-0.3, -0.25) is 25.4 Å². The fraction of sp³-hybridized carbons (Fsp3) is 0. The van der Waals surface area contributed by atoms with E-state index in [1.165, 1.54) is 0 Å². The van der Waals surface area contributed by atoms with Gasteiger partial charge in [-0.05, 0) is 54.6 Å². The van der Waals surface area contributed by atoms with Gasteiger partial charge in [-0.15, -0.1) is 0 Å². The molecule has 6 nitrogen and oxygen atoms in total. The first-order valence-corrected chi connectivity index (χ1v) is 8.04. The van der Waals surface area contributed by atoms with Gasteiger partial charge in [-0.1, -0.05) is 17.7 Å². The Morgan fingerprint density at radius 2 is 1.46 bits per heavy atom. The van der Waals surface area contributed by atoms with Crippen LogP contribution in [0.5, 0.6) is 11.5 Å². The molecule has 0 radical (unpaired) electrons. The van der Waals surface area contributed by atoms with Crippen LogP contribution in [-0.2, 0) is 0 Å². The van der Waals surface area contributed by atoms with Crippen LogP contribution in [0.4, 0.5) is 0 Å². The van der Waals surface area contributed by atoms with Gasteiger partial charge in [-0.2, -0.15) is 0 Å². The molecule has 0 aliphatic carbocycles. The summed E-state index contributed by atoms with van der Waals surface area (Å²) in [5.41, 5.74) is 5.44. The first-order chi connectivity index (χ1) is 12.6. The lowest BCUT2D eigenvalue weighted by Crippen LogP contribution is -2.41. The van der Waals surface area contributed by atoms with E-state index in [1.54, 1.807) is 73.1 Å². The summed E-state index contributed by atoms with van der Waals surface area (Å²) in [7, 11) is 0. The maximum absolute atomic E-state index is 12.2. The molecule has 0 fully saturated rings. The number of rotatable bonds is 4. The number of hydrogen-bond acceptors (Lipinski definition) is 4. The molecule has 3 rings (SSSR count). The van der Waals surface area contributed by atoms with Gasteiger partial charge in [0.1, 0.15) is 11.5 Å². The highest BCUT2D eigenvalue weighted by atomic mass is 35.5. The summed E-state index contributed by atoms with van der Waals surface area (Å²) in [5.74, 6) is 0.188. The van der Waals surface area contributed by atoms with Crippen molar-refractivity contribution in [1.29, 1.82) is 0 Å². The van der Waals surface area contributed by atoms with E-state index in [4.69, 9.17) is 16.3 Å². The summed E-state index contributed by atoms with van der Waals surface area (Å²) >= 11 is 5.78. The van der Waals surface area contributed by atoms with E-state index in [-0.39, 0.29) is 0 Å². The van der Waals surface area contributed by atoms with Crippen LogP contribution in [0, 0.1) is 0 Å². The second-order valence-electron chi connectivity index (χ2n) is 5.23. The fourth-order valence-electron chi connectivity index (χ4n) is 2.10. The monoisotopic (exact) mass is 367 g/mol. The van der Waals surface area contributed by atoms with Gasteiger partial charge in [0.2, 0.25) is 0 Å². The number of halogens is 1. The summed E-state index contributed by atoms with van der Waals surface area (Å²) in [4.78, 5) is 28.1. The second-order valence-corrected chi connectivity index (χ2v) is 5.66. The molecule has 26 heavy (non-hydrogen) atoms. The van der Waals surface area contributed by atoms with Crippen molar-refractivity contribution in [2.45, 2.75) is 0 Å². The summed E-state index contributed by atoms with van der Waals surface area (Å²) in [6.07, 6.45) is 3.22. The third-order valence-electron chi connectivity index (χ3n) is 3.38. The Bertz CT molecular complexity index is 915. The largest absolute Gasteiger partial charge is 0.457 e. The molecule has 3 aromatic rings. The zero-order valence-corrected chi connectivity index (χ0v) is 14.2. The molecule has 0 saturated carbocycles. The molecule has 130 valence electrons. The van der Waals surface area contributed by atoms with Gasteiger partial charge >= 0.3 is 0 Å². The first kappa shape index (κ1) is 17.4. The normalized spacial score (nSPS) is 10.0. The number of hydrogen-bond donors (Lipinski definition) is 2. The number of aromatic nitrogens is 1. The second kappa shape index (κ2) is 8.13. The first-order valence-electron chi connectivity index (χ1n) is 7.66. The molecule has 0 aliphatic rings. The van der Waals surface area contributed by atoms with Crippen LogP contribution in [0.1, 0.15) is 20.7 Å². The standard InChI is InChI=1S/C19H14ClN3O3/c20-15-6-4-13(5-7-15)18(24)22-23-19(25)14-2-1-3-17(12-14)26-16-8-10-21-11-9-16/h1-12H,(H,22,24)(H,23,25). The van der Waals surface area contributed by atoms with Crippen molar-refractivity contribution >= 4 is 23.4 Å². The lowest BCUT2D eigenvalue weighted by Gasteiger charge is -2.09. The van der Waals surface area contributed by atoms with Gasteiger partial charge in [-0.25, -0.2) is 0 Å². The lowest BCUT2D eigenvalue weighted by molar-refractivity contribution is 0.0846. The number of ether oxygens (including phenoxy) is 1. The topological polar surface area (TPSA) is 80.3 Å². The zero-order chi connectivity index (χ0) is 18.4. The number of benzene rings is 2. The molecule has 2 N–H and O–H groups in total. The highest BCUT2D eigenvalue weighted by Crippen LogP contribution is 2.21. The van der Waals surface area contributed by atoms with Crippen LogP contribution < -0.4 is 15.6 Å². The molecule has 1 heterocycles. The van der Waals surface area contributed by atoms with Crippen molar-refractivity contribution in [2.75, 3.05) is 0 Å². The molecule has 0 spiro atoms. The lowest BCUT2D eigenvalue weighted by atomic mass is 10.2. The van der Waals surface area contributed by atoms with Gasteiger partial charge in [0.25, 0.3) is 11.8 Å². The average molecular weight is 368 g/mol. The molecule has 7 heteroatoms. The maximum atomic E-state index is 12.2. The highest BCUT2D eigenvalue weighted by molar-refractivity contribution is 6.30. The zero-order valence-electron chi connectivity index (χ0n) is 13.5. The van der Waals surface area contributed by atoms with Crippen LogP contribution in [0.15, 0.2) is 73.1 Å². The molecule has 2 aromatic carbocycles. The SMILES string of the molecule is O=C(NNC(=O)c1cccc(Oc2ccncc2)c1)c1ccc(Cl)cc1. The van der Waals surface area contributed by atoms with Crippen LogP contribution in [0.25, 0.3) is 0 Å². The van der Waals surface area contributed by atoms with Gasteiger partial charge in [0, 0.05) is 28.5 Å². The van der Waals surface area contributed by atoms with Crippen molar-refractivity contribution in [1.82, 2.24) is 15.8 Å². The molecule has 2 amide bonds. The third kappa shape index (κ3) is 4.58. The molecule has 0 aliphatic heterocycles. The number of carbonyl (C=O) groups excluding carboxylic acids is 2. The van der Waals surface area contributed by atoms with E-state index in [9.17, 15) is 9.59 Å². The van der Waals surface area contributed by atoms with Crippen LogP contribution in [0.2, 0.25) is 5.02 Å². The minimum absolute atomic E-state index is 0.341. The number of amides is 2. The molecule has 0 atom stereocenters. The van der Waals surface area contributed by atoms with E-state index < -0.39 is 11.8 Å². The third-order valence-corrected chi connectivity index (χ3v) is 3.63. The number of nitrogens with one attached hydrogen (secondary N) is 2. The molecule has 0 bridgehead atoms. The summed E-state index contributed by atoms with van der Waals surface area (Å²) < 4.78 is 5.66. The van der Waals surface area contributed by atoms with Gasteiger partial charge < -0.3 is 4.74 Å². The minimum Gasteiger partial charge on any atom is -0.457 e. The van der Waals surface area contributed by atoms with E-state index in [2.05, 4.69) is 15.8 Å². The van der Waals surface area contributed by atoms with Gasteiger partial charge in [0.15, 0.2) is 0 Å². The van der Waals surface area contributed by atoms with Crippen LogP contribution in [0.3, 0.4) is 0 Å².